The third kappa shape index (κ3) is 4.49. The van der Waals surface area contributed by atoms with Crippen LogP contribution in [0.15, 0.2) is 52.7 Å². The van der Waals surface area contributed by atoms with E-state index in [2.05, 4.69) is 4.72 Å². The summed E-state index contributed by atoms with van der Waals surface area (Å²) in [6, 6.07) is 11.3. The lowest BCUT2D eigenvalue weighted by atomic mass is 10.1. The number of phenolic OH excluding ortho intramolecular Hbond substituents is 1. The topological polar surface area (TPSA) is 69.6 Å². The van der Waals surface area contributed by atoms with Crippen LogP contribution in [-0.4, -0.2) is 14.4 Å². The second-order valence-electron chi connectivity index (χ2n) is 5.71. The van der Waals surface area contributed by atoms with Gasteiger partial charge in [-0.25, -0.2) is 4.21 Å². The number of hydrogen-bond acceptors (Lipinski definition) is 4. The fourth-order valence-corrected chi connectivity index (χ4v) is 5.00. The van der Waals surface area contributed by atoms with Crippen molar-refractivity contribution in [1.82, 2.24) is 0 Å². The van der Waals surface area contributed by atoms with E-state index in [4.69, 9.17) is 11.6 Å². The van der Waals surface area contributed by atoms with Gasteiger partial charge in [0.2, 0.25) is 0 Å². The number of aliphatic hydroxyl groups excluding tert-OH is 1. The molecule has 1 heterocycles. The molecule has 0 saturated carbocycles. The first-order valence-corrected chi connectivity index (χ1v) is 10.1. The molecule has 0 saturated heterocycles. The fraction of sp³-hybridized carbons (Fsp3) is 0.111. The summed E-state index contributed by atoms with van der Waals surface area (Å²) in [7, 11) is -1.80. The Hall–Kier alpha value is -2.07. The maximum Gasteiger partial charge on any atom is 0.419 e. The molecule has 0 fully saturated rings. The van der Waals surface area contributed by atoms with Gasteiger partial charge >= 0.3 is 6.18 Å². The van der Waals surface area contributed by atoms with Gasteiger partial charge in [-0.3, -0.25) is 0 Å². The third-order valence-electron chi connectivity index (χ3n) is 3.78. The predicted molar refractivity (Wildman–Crippen MR) is 104 cm³/mol. The van der Waals surface area contributed by atoms with E-state index in [0.717, 1.165) is 29.0 Å². The molecule has 148 valence electrons. The van der Waals surface area contributed by atoms with Crippen LogP contribution in [0.4, 0.5) is 18.9 Å². The van der Waals surface area contributed by atoms with Crippen molar-refractivity contribution >= 4 is 39.6 Å². The SMILES string of the molecule is O=S(Nc1ccc(C(F)(F)F)c(O)c1)c1cc(-c2cccc(CO)c2)c(Cl)s1. The van der Waals surface area contributed by atoms with Gasteiger partial charge in [-0.2, -0.15) is 13.2 Å². The molecule has 1 atom stereocenters. The van der Waals surface area contributed by atoms with Crippen molar-refractivity contribution in [2.24, 2.45) is 0 Å². The van der Waals surface area contributed by atoms with Crippen molar-refractivity contribution in [3.05, 3.63) is 64.0 Å². The zero-order valence-corrected chi connectivity index (χ0v) is 16.3. The quantitative estimate of drug-likeness (QED) is 0.489. The summed E-state index contributed by atoms with van der Waals surface area (Å²) < 4.78 is 53.9. The third-order valence-corrected chi connectivity index (χ3v) is 6.54. The summed E-state index contributed by atoms with van der Waals surface area (Å²) in [6.07, 6.45) is -4.68. The highest BCUT2D eigenvalue weighted by Crippen LogP contribution is 2.39. The lowest BCUT2D eigenvalue weighted by Crippen LogP contribution is -2.07. The van der Waals surface area contributed by atoms with Gasteiger partial charge in [-0.1, -0.05) is 29.8 Å². The normalized spacial score (nSPS) is 12.8. The Balaban J connectivity index is 1.83. The van der Waals surface area contributed by atoms with Gasteiger partial charge in [0.15, 0.2) is 11.0 Å². The Kier molecular flexibility index (Phi) is 5.99. The highest BCUT2D eigenvalue weighted by molar-refractivity contribution is 7.88. The standard InChI is InChI=1S/C18H13ClF3NO3S2/c19-17-13(11-3-1-2-10(6-11)9-24)8-16(27-17)28(26)23-12-4-5-14(15(25)7-12)18(20,21)22/h1-8,23-25H,9H2. The first kappa shape index (κ1) is 20.7. The number of alkyl halides is 3. The molecule has 3 aromatic rings. The lowest BCUT2D eigenvalue weighted by molar-refractivity contribution is -0.138. The van der Waals surface area contributed by atoms with Crippen molar-refractivity contribution in [2.45, 2.75) is 17.0 Å². The van der Waals surface area contributed by atoms with E-state index in [0.29, 0.717) is 25.7 Å². The molecular weight excluding hydrogens is 435 g/mol. The molecule has 2 aromatic carbocycles. The van der Waals surface area contributed by atoms with Crippen LogP contribution >= 0.6 is 22.9 Å². The summed E-state index contributed by atoms with van der Waals surface area (Å²) >= 11 is 7.31. The Morgan fingerprint density at radius 3 is 2.54 bits per heavy atom. The van der Waals surface area contributed by atoms with Crippen molar-refractivity contribution in [1.29, 1.82) is 0 Å². The highest BCUT2D eigenvalue weighted by atomic mass is 35.5. The smallest absolute Gasteiger partial charge is 0.419 e. The summed E-state index contributed by atoms with van der Waals surface area (Å²) in [5.74, 6) is -0.958. The Morgan fingerprint density at radius 2 is 1.89 bits per heavy atom. The number of aliphatic hydroxyl groups is 1. The first-order valence-electron chi connectivity index (χ1n) is 7.77. The van der Waals surface area contributed by atoms with Crippen molar-refractivity contribution in [3.8, 4) is 16.9 Å². The molecule has 0 aliphatic heterocycles. The minimum atomic E-state index is -4.68. The van der Waals surface area contributed by atoms with E-state index in [1.807, 2.05) is 0 Å². The molecule has 0 bridgehead atoms. The maximum atomic E-state index is 12.7. The van der Waals surface area contributed by atoms with E-state index < -0.39 is 28.5 Å². The number of rotatable bonds is 5. The number of halogens is 4. The predicted octanol–water partition coefficient (Wildman–Crippen LogP) is 5.42. The maximum absolute atomic E-state index is 12.7. The Labute approximate surface area is 169 Å². The van der Waals surface area contributed by atoms with Crippen molar-refractivity contribution < 1.29 is 27.6 Å². The molecule has 3 rings (SSSR count). The van der Waals surface area contributed by atoms with Gasteiger partial charge in [-0.05, 0) is 35.4 Å². The van der Waals surface area contributed by atoms with Crippen molar-refractivity contribution in [3.63, 3.8) is 0 Å². The van der Waals surface area contributed by atoms with Crippen LogP contribution in [0.5, 0.6) is 5.75 Å². The van der Waals surface area contributed by atoms with Crippen LogP contribution in [0.1, 0.15) is 11.1 Å². The van der Waals surface area contributed by atoms with Gasteiger partial charge in [0.05, 0.1) is 17.9 Å². The van der Waals surface area contributed by atoms with Crippen LogP contribution in [0.25, 0.3) is 11.1 Å². The number of thiophene rings is 1. The molecule has 10 heteroatoms. The second kappa shape index (κ2) is 8.12. The molecule has 3 N–H and O–H groups in total. The van der Waals surface area contributed by atoms with Gasteiger partial charge < -0.3 is 14.9 Å². The molecule has 1 unspecified atom stereocenters. The van der Waals surface area contributed by atoms with E-state index in [-0.39, 0.29) is 12.3 Å². The fourth-order valence-electron chi connectivity index (χ4n) is 2.46. The Morgan fingerprint density at radius 1 is 1.14 bits per heavy atom. The lowest BCUT2D eigenvalue weighted by Gasteiger charge is -2.11. The summed E-state index contributed by atoms with van der Waals surface area (Å²) in [4.78, 5) is 0. The Bertz CT molecular complexity index is 1040. The van der Waals surface area contributed by atoms with E-state index in [1.54, 1.807) is 30.3 Å². The van der Waals surface area contributed by atoms with E-state index in [9.17, 15) is 27.6 Å². The van der Waals surface area contributed by atoms with Crippen LogP contribution < -0.4 is 4.72 Å². The van der Waals surface area contributed by atoms with Crippen molar-refractivity contribution in [2.75, 3.05) is 4.72 Å². The number of hydrogen-bond donors (Lipinski definition) is 3. The average molecular weight is 448 g/mol. The van der Waals surface area contributed by atoms with Gasteiger partial charge in [0.1, 0.15) is 14.3 Å². The zero-order chi connectivity index (χ0) is 20.5. The van der Waals surface area contributed by atoms with E-state index >= 15 is 0 Å². The molecule has 0 radical (unpaired) electrons. The second-order valence-corrected chi connectivity index (χ2v) is 8.81. The van der Waals surface area contributed by atoms with Crippen LogP contribution in [-0.2, 0) is 23.8 Å². The molecule has 0 aliphatic carbocycles. The largest absolute Gasteiger partial charge is 0.507 e. The average Bonchev–Trinajstić information content (AvgIpc) is 3.02. The summed E-state index contributed by atoms with van der Waals surface area (Å²) in [6.45, 7) is -0.132. The minimum absolute atomic E-state index is 0.0668. The number of aromatic hydroxyl groups is 1. The first-order chi connectivity index (χ1) is 13.2. The summed E-state index contributed by atoms with van der Waals surface area (Å²) in [5.41, 5.74) is 0.956. The van der Waals surface area contributed by atoms with Gasteiger partial charge in [0.25, 0.3) is 0 Å². The van der Waals surface area contributed by atoms with Gasteiger partial charge in [0, 0.05) is 11.6 Å². The zero-order valence-electron chi connectivity index (χ0n) is 14.0. The molecule has 0 amide bonds. The monoisotopic (exact) mass is 447 g/mol. The van der Waals surface area contributed by atoms with Gasteiger partial charge in [-0.15, -0.1) is 11.3 Å². The molecule has 28 heavy (non-hydrogen) atoms. The minimum Gasteiger partial charge on any atom is -0.507 e. The van der Waals surface area contributed by atoms with E-state index in [1.165, 1.54) is 0 Å². The van der Waals surface area contributed by atoms with Crippen LogP contribution in [0.3, 0.4) is 0 Å². The number of nitrogens with one attached hydrogen (secondary N) is 1. The van der Waals surface area contributed by atoms with Crippen LogP contribution in [0, 0.1) is 0 Å². The molecule has 0 spiro atoms. The molecule has 4 nitrogen and oxygen atoms in total. The van der Waals surface area contributed by atoms with Crippen LogP contribution in [0.2, 0.25) is 4.34 Å². The number of anilines is 1. The molecular formula is C18H13ClF3NO3S2. The molecule has 0 aliphatic rings. The summed E-state index contributed by atoms with van der Waals surface area (Å²) in [5, 5.41) is 18.8. The number of phenols is 1. The molecule has 1 aromatic heterocycles. The number of benzene rings is 2. The highest BCUT2D eigenvalue weighted by Gasteiger charge is 2.33.